The predicted molar refractivity (Wildman–Crippen MR) is 73.6 cm³/mol. The molecule has 3 rings (SSSR count). The Bertz CT molecular complexity index is 542. The van der Waals surface area contributed by atoms with Crippen LogP contribution in [0.2, 0.25) is 0 Å². The molecule has 112 valence electrons. The van der Waals surface area contributed by atoms with Crippen LogP contribution in [0.1, 0.15) is 24.8 Å². The van der Waals surface area contributed by atoms with Crippen LogP contribution < -0.4 is 5.32 Å². The van der Waals surface area contributed by atoms with Crippen molar-refractivity contribution in [3.8, 4) is 0 Å². The Labute approximate surface area is 122 Å². The molecule has 0 unspecified atom stereocenters. The molecule has 1 aliphatic carbocycles. The van der Waals surface area contributed by atoms with Gasteiger partial charge < -0.3 is 15.2 Å². The number of aliphatic carboxylic acids is 1. The zero-order valence-corrected chi connectivity index (χ0v) is 11.6. The van der Waals surface area contributed by atoms with E-state index in [-0.39, 0.29) is 11.8 Å². The molecule has 0 bridgehead atoms. The summed E-state index contributed by atoms with van der Waals surface area (Å²) < 4.78 is 5.18. The predicted octanol–water partition coefficient (Wildman–Crippen LogP) is 0.719. The van der Waals surface area contributed by atoms with E-state index in [1.54, 1.807) is 12.4 Å². The van der Waals surface area contributed by atoms with Gasteiger partial charge >= 0.3 is 5.97 Å². The van der Waals surface area contributed by atoms with Crippen molar-refractivity contribution in [3.05, 3.63) is 30.1 Å². The van der Waals surface area contributed by atoms with Crippen molar-refractivity contribution in [3.63, 3.8) is 0 Å². The number of nitrogens with zero attached hydrogens (tertiary/aromatic N) is 1. The summed E-state index contributed by atoms with van der Waals surface area (Å²) in [5, 5.41) is 12.0. The number of carbonyl (C=O) groups excluding carboxylic acids is 1. The summed E-state index contributed by atoms with van der Waals surface area (Å²) in [4.78, 5) is 27.5. The second kappa shape index (κ2) is 5.44. The number of hydrogen-bond acceptors (Lipinski definition) is 4. The van der Waals surface area contributed by atoms with E-state index >= 15 is 0 Å². The van der Waals surface area contributed by atoms with Gasteiger partial charge in [0.1, 0.15) is 0 Å². The van der Waals surface area contributed by atoms with Crippen LogP contribution in [0.4, 0.5) is 0 Å². The molecule has 6 heteroatoms. The number of pyridine rings is 1. The third-order valence-corrected chi connectivity index (χ3v) is 4.38. The molecule has 6 nitrogen and oxygen atoms in total. The number of carboxylic acids is 1. The van der Waals surface area contributed by atoms with E-state index in [4.69, 9.17) is 9.84 Å². The fourth-order valence-corrected chi connectivity index (χ4v) is 2.93. The van der Waals surface area contributed by atoms with Gasteiger partial charge in [0, 0.05) is 31.5 Å². The Balaban J connectivity index is 1.61. The Hall–Kier alpha value is -1.95. The molecule has 1 aromatic rings. The van der Waals surface area contributed by atoms with Crippen LogP contribution in [0.3, 0.4) is 0 Å². The van der Waals surface area contributed by atoms with Crippen molar-refractivity contribution < 1.29 is 19.4 Å². The van der Waals surface area contributed by atoms with Gasteiger partial charge in [0.2, 0.25) is 5.91 Å². The number of carboxylic acid groups (broad SMARTS) is 1. The standard InChI is InChI=1S/C15H18N2O4/c18-13(19)12-10(3-7-21-12)8-17-14(20)15(4-5-15)11-2-1-6-16-9-11/h1-2,6,9-10,12H,3-5,7-8H2,(H,17,20)(H,18,19)/t10-,12-/m1/s1. The minimum absolute atomic E-state index is 0.0356. The number of hydrogen-bond donors (Lipinski definition) is 2. The molecule has 2 aliphatic rings. The highest BCUT2D eigenvalue weighted by atomic mass is 16.5. The Kier molecular flexibility index (Phi) is 3.63. The van der Waals surface area contributed by atoms with Gasteiger partial charge in [-0.3, -0.25) is 9.78 Å². The lowest BCUT2D eigenvalue weighted by molar-refractivity contribution is -0.149. The zero-order chi connectivity index (χ0) is 14.9. The molecule has 1 saturated heterocycles. The second-order valence-electron chi connectivity index (χ2n) is 5.71. The first-order valence-electron chi connectivity index (χ1n) is 7.17. The average molecular weight is 290 g/mol. The lowest BCUT2D eigenvalue weighted by atomic mass is 9.95. The lowest BCUT2D eigenvalue weighted by Gasteiger charge is -2.19. The van der Waals surface area contributed by atoms with Gasteiger partial charge in [0.15, 0.2) is 6.10 Å². The van der Waals surface area contributed by atoms with Crippen molar-refractivity contribution >= 4 is 11.9 Å². The first-order chi connectivity index (χ1) is 10.1. The summed E-state index contributed by atoms with van der Waals surface area (Å²) >= 11 is 0. The summed E-state index contributed by atoms with van der Waals surface area (Å²) in [5.74, 6) is -1.15. The molecule has 0 radical (unpaired) electrons. The van der Waals surface area contributed by atoms with Crippen LogP contribution in [-0.2, 0) is 19.7 Å². The molecule has 1 amide bonds. The number of rotatable bonds is 5. The van der Waals surface area contributed by atoms with Gasteiger partial charge in [-0.25, -0.2) is 4.79 Å². The monoisotopic (exact) mass is 290 g/mol. The maximum Gasteiger partial charge on any atom is 0.333 e. The van der Waals surface area contributed by atoms with Crippen molar-refractivity contribution in [1.82, 2.24) is 10.3 Å². The van der Waals surface area contributed by atoms with E-state index in [2.05, 4.69) is 10.3 Å². The van der Waals surface area contributed by atoms with E-state index in [9.17, 15) is 9.59 Å². The zero-order valence-electron chi connectivity index (χ0n) is 11.6. The van der Waals surface area contributed by atoms with Crippen LogP contribution in [0.25, 0.3) is 0 Å². The summed E-state index contributed by atoms with van der Waals surface area (Å²) in [6.45, 7) is 0.781. The third kappa shape index (κ3) is 2.63. The van der Waals surface area contributed by atoms with Crippen molar-refractivity contribution in [2.75, 3.05) is 13.2 Å². The first-order valence-corrected chi connectivity index (χ1v) is 7.17. The van der Waals surface area contributed by atoms with Gasteiger partial charge in [-0.1, -0.05) is 6.07 Å². The second-order valence-corrected chi connectivity index (χ2v) is 5.71. The number of carbonyl (C=O) groups is 2. The van der Waals surface area contributed by atoms with E-state index in [1.165, 1.54) is 0 Å². The van der Waals surface area contributed by atoms with Crippen molar-refractivity contribution in [1.29, 1.82) is 0 Å². The molecule has 0 aromatic carbocycles. The summed E-state index contributed by atoms with van der Waals surface area (Å²) in [5.41, 5.74) is 0.465. The molecular weight excluding hydrogens is 272 g/mol. The Morgan fingerprint density at radius 3 is 2.90 bits per heavy atom. The van der Waals surface area contributed by atoms with E-state index < -0.39 is 17.5 Å². The summed E-state index contributed by atoms with van der Waals surface area (Å²) in [6, 6.07) is 3.74. The molecule has 2 fully saturated rings. The highest BCUT2D eigenvalue weighted by Gasteiger charge is 2.51. The van der Waals surface area contributed by atoms with Gasteiger partial charge in [0.25, 0.3) is 0 Å². The minimum atomic E-state index is -0.958. The van der Waals surface area contributed by atoms with Crippen LogP contribution >= 0.6 is 0 Å². The van der Waals surface area contributed by atoms with E-state index in [1.807, 2.05) is 12.1 Å². The molecule has 2 heterocycles. The molecular formula is C15H18N2O4. The summed E-state index contributed by atoms with van der Waals surface area (Å²) in [7, 11) is 0. The van der Waals surface area contributed by atoms with Crippen LogP contribution in [0.15, 0.2) is 24.5 Å². The highest BCUT2D eigenvalue weighted by molar-refractivity contribution is 5.91. The van der Waals surface area contributed by atoms with E-state index in [0.29, 0.717) is 19.6 Å². The fraction of sp³-hybridized carbons (Fsp3) is 0.533. The number of amides is 1. The smallest absolute Gasteiger partial charge is 0.333 e. The first kappa shape index (κ1) is 14.0. The largest absolute Gasteiger partial charge is 0.479 e. The Morgan fingerprint density at radius 1 is 1.48 bits per heavy atom. The molecule has 2 N–H and O–H groups in total. The summed E-state index contributed by atoms with van der Waals surface area (Å²) in [6.07, 6.45) is 4.90. The molecule has 1 aromatic heterocycles. The van der Waals surface area contributed by atoms with Gasteiger partial charge in [-0.2, -0.15) is 0 Å². The van der Waals surface area contributed by atoms with Crippen molar-refractivity contribution in [2.45, 2.75) is 30.8 Å². The third-order valence-electron chi connectivity index (χ3n) is 4.38. The molecule has 21 heavy (non-hydrogen) atoms. The quantitative estimate of drug-likeness (QED) is 0.834. The van der Waals surface area contributed by atoms with Crippen LogP contribution in [0, 0.1) is 5.92 Å². The highest BCUT2D eigenvalue weighted by Crippen LogP contribution is 2.48. The minimum Gasteiger partial charge on any atom is -0.479 e. The molecule has 1 aliphatic heterocycles. The normalized spacial score (nSPS) is 26.3. The number of nitrogens with one attached hydrogen (secondary N) is 1. The average Bonchev–Trinajstić information content (AvgIpc) is 3.17. The fourth-order valence-electron chi connectivity index (χ4n) is 2.93. The lowest BCUT2D eigenvalue weighted by Crippen LogP contribution is -2.40. The molecule has 0 spiro atoms. The van der Waals surface area contributed by atoms with Crippen molar-refractivity contribution in [2.24, 2.45) is 5.92 Å². The molecule has 2 atom stereocenters. The van der Waals surface area contributed by atoms with Gasteiger partial charge in [-0.05, 0) is 30.9 Å². The maximum absolute atomic E-state index is 12.4. The molecule has 1 saturated carbocycles. The maximum atomic E-state index is 12.4. The number of ether oxygens (including phenoxy) is 1. The Morgan fingerprint density at radius 2 is 2.29 bits per heavy atom. The van der Waals surface area contributed by atoms with Crippen LogP contribution in [0.5, 0.6) is 0 Å². The van der Waals surface area contributed by atoms with Gasteiger partial charge in [-0.15, -0.1) is 0 Å². The van der Waals surface area contributed by atoms with Gasteiger partial charge in [0.05, 0.1) is 5.41 Å². The van der Waals surface area contributed by atoms with E-state index in [0.717, 1.165) is 18.4 Å². The van der Waals surface area contributed by atoms with Crippen LogP contribution in [-0.4, -0.2) is 41.2 Å². The number of aromatic nitrogens is 1. The topological polar surface area (TPSA) is 88.5 Å². The SMILES string of the molecule is O=C(O)[C@@H]1OCC[C@@H]1CNC(=O)C1(c2cccnc2)CC1.